The van der Waals surface area contributed by atoms with Crippen molar-refractivity contribution < 1.29 is 14.3 Å². The molecule has 4 heteroatoms. The minimum Gasteiger partial charge on any atom is -0.465 e. The first-order chi connectivity index (χ1) is 8.15. The highest BCUT2D eigenvalue weighted by atomic mass is 16.5. The molecule has 0 aliphatic carbocycles. The number of carbonyl (C=O) groups is 2. The molecule has 1 aromatic carbocycles. The molecule has 88 valence electrons. The van der Waals surface area contributed by atoms with Gasteiger partial charge < -0.3 is 9.64 Å². The monoisotopic (exact) mass is 231 g/mol. The van der Waals surface area contributed by atoms with Crippen LogP contribution in [0.25, 0.3) is 0 Å². The highest BCUT2D eigenvalue weighted by Crippen LogP contribution is 2.45. The SMILES string of the molecule is CN1C(=O)CC2(CCOC2=O)c2ccccc21. The zero-order valence-electron chi connectivity index (χ0n) is 9.60. The number of rotatable bonds is 0. The molecule has 4 nitrogen and oxygen atoms in total. The third kappa shape index (κ3) is 1.24. The van der Waals surface area contributed by atoms with Crippen molar-refractivity contribution in [3.8, 4) is 0 Å². The predicted octanol–water partition coefficient (Wildman–Crippen LogP) is 1.24. The molecule has 1 aromatic rings. The minimum atomic E-state index is -0.736. The summed E-state index contributed by atoms with van der Waals surface area (Å²) in [4.78, 5) is 25.6. The van der Waals surface area contributed by atoms with Crippen LogP contribution in [0.1, 0.15) is 18.4 Å². The second kappa shape index (κ2) is 3.32. The Hall–Kier alpha value is -1.84. The van der Waals surface area contributed by atoms with Gasteiger partial charge in [-0.2, -0.15) is 0 Å². The van der Waals surface area contributed by atoms with E-state index in [4.69, 9.17) is 4.74 Å². The summed E-state index contributed by atoms with van der Waals surface area (Å²) in [6.07, 6.45) is 0.821. The Morgan fingerprint density at radius 1 is 1.29 bits per heavy atom. The van der Waals surface area contributed by atoms with E-state index in [-0.39, 0.29) is 18.3 Å². The summed E-state index contributed by atoms with van der Waals surface area (Å²) in [6, 6.07) is 7.57. The quantitative estimate of drug-likeness (QED) is 0.631. The summed E-state index contributed by atoms with van der Waals surface area (Å²) in [5.41, 5.74) is 1.01. The van der Waals surface area contributed by atoms with E-state index < -0.39 is 5.41 Å². The topological polar surface area (TPSA) is 46.6 Å². The van der Waals surface area contributed by atoms with Gasteiger partial charge in [0.1, 0.15) is 5.41 Å². The third-order valence-electron chi connectivity index (χ3n) is 3.76. The molecule has 17 heavy (non-hydrogen) atoms. The molecule has 0 radical (unpaired) electrons. The lowest BCUT2D eigenvalue weighted by molar-refractivity contribution is -0.144. The molecule has 1 saturated heterocycles. The van der Waals surface area contributed by atoms with Gasteiger partial charge in [-0.05, 0) is 11.6 Å². The van der Waals surface area contributed by atoms with E-state index in [1.165, 1.54) is 0 Å². The van der Waals surface area contributed by atoms with E-state index >= 15 is 0 Å². The summed E-state index contributed by atoms with van der Waals surface area (Å²) >= 11 is 0. The fraction of sp³-hybridized carbons (Fsp3) is 0.385. The lowest BCUT2D eigenvalue weighted by Gasteiger charge is -2.36. The molecule has 2 heterocycles. The molecular formula is C13H13NO3. The number of ether oxygens (including phenoxy) is 1. The maximum atomic E-state index is 12.0. The van der Waals surface area contributed by atoms with Crippen molar-refractivity contribution in [2.75, 3.05) is 18.6 Å². The molecule has 2 aliphatic rings. The summed E-state index contributed by atoms with van der Waals surface area (Å²) in [5.74, 6) is -0.283. The molecule has 1 spiro atoms. The van der Waals surface area contributed by atoms with Gasteiger partial charge in [-0.3, -0.25) is 9.59 Å². The van der Waals surface area contributed by atoms with Gasteiger partial charge in [0.2, 0.25) is 5.91 Å². The lowest BCUT2D eigenvalue weighted by Crippen LogP contribution is -2.45. The molecule has 0 aromatic heterocycles. The van der Waals surface area contributed by atoms with Gasteiger partial charge in [0.15, 0.2) is 0 Å². The molecule has 1 unspecified atom stereocenters. The van der Waals surface area contributed by atoms with Gasteiger partial charge in [-0.1, -0.05) is 18.2 Å². The third-order valence-corrected chi connectivity index (χ3v) is 3.76. The zero-order valence-corrected chi connectivity index (χ0v) is 9.60. The van der Waals surface area contributed by atoms with Crippen LogP contribution in [0.5, 0.6) is 0 Å². The van der Waals surface area contributed by atoms with Crippen LogP contribution < -0.4 is 4.90 Å². The molecule has 0 saturated carbocycles. The minimum absolute atomic E-state index is 0.0254. The van der Waals surface area contributed by atoms with Crippen molar-refractivity contribution in [2.45, 2.75) is 18.3 Å². The van der Waals surface area contributed by atoms with Crippen LogP contribution in [0.3, 0.4) is 0 Å². The first-order valence-corrected chi connectivity index (χ1v) is 5.68. The molecule has 1 fully saturated rings. The smallest absolute Gasteiger partial charge is 0.317 e. The average molecular weight is 231 g/mol. The standard InChI is InChI=1S/C13H13NO3/c1-14-10-5-3-2-4-9(10)13(8-11(14)15)6-7-17-12(13)16/h2-5H,6-8H2,1H3. The molecule has 1 amide bonds. The summed E-state index contributed by atoms with van der Waals surface area (Å²) in [6.45, 7) is 0.407. The average Bonchev–Trinajstić information content (AvgIpc) is 2.69. The number of anilines is 1. The summed E-state index contributed by atoms with van der Waals surface area (Å²) in [7, 11) is 1.74. The molecular weight excluding hydrogens is 218 g/mol. The number of nitrogens with zero attached hydrogens (tertiary/aromatic N) is 1. The molecule has 2 aliphatic heterocycles. The van der Waals surface area contributed by atoms with E-state index in [0.717, 1.165) is 11.3 Å². The van der Waals surface area contributed by atoms with Crippen molar-refractivity contribution in [3.05, 3.63) is 29.8 Å². The Bertz CT molecular complexity index is 511. The first-order valence-electron chi connectivity index (χ1n) is 5.68. The number of benzene rings is 1. The van der Waals surface area contributed by atoms with Crippen molar-refractivity contribution in [1.82, 2.24) is 0 Å². The van der Waals surface area contributed by atoms with Crippen LogP contribution in [-0.4, -0.2) is 25.5 Å². The fourth-order valence-corrected chi connectivity index (χ4v) is 2.74. The number of cyclic esters (lactones) is 1. The number of hydrogen-bond donors (Lipinski definition) is 0. The summed E-state index contributed by atoms with van der Waals surface area (Å²) < 4.78 is 5.08. The van der Waals surface area contributed by atoms with Crippen molar-refractivity contribution in [1.29, 1.82) is 0 Å². The second-order valence-electron chi connectivity index (χ2n) is 4.61. The van der Waals surface area contributed by atoms with Crippen LogP contribution >= 0.6 is 0 Å². The summed E-state index contributed by atoms with van der Waals surface area (Å²) in [5, 5.41) is 0. The molecule has 0 bridgehead atoms. The Morgan fingerprint density at radius 2 is 2.06 bits per heavy atom. The second-order valence-corrected chi connectivity index (χ2v) is 4.61. The van der Waals surface area contributed by atoms with Crippen LogP contribution in [0.2, 0.25) is 0 Å². The molecule has 0 N–H and O–H groups in total. The number of para-hydroxylation sites is 1. The maximum absolute atomic E-state index is 12.0. The lowest BCUT2D eigenvalue weighted by atomic mass is 9.73. The largest absolute Gasteiger partial charge is 0.465 e. The van der Waals surface area contributed by atoms with Gasteiger partial charge in [0, 0.05) is 25.6 Å². The van der Waals surface area contributed by atoms with Gasteiger partial charge in [-0.15, -0.1) is 0 Å². The highest BCUT2D eigenvalue weighted by molar-refractivity contribution is 6.04. The fourth-order valence-electron chi connectivity index (χ4n) is 2.74. The van der Waals surface area contributed by atoms with Crippen molar-refractivity contribution in [3.63, 3.8) is 0 Å². The normalized spacial score (nSPS) is 27.2. The van der Waals surface area contributed by atoms with Crippen LogP contribution in [0.4, 0.5) is 5.69 Å². The predicted molar refractivity (Wildman–Crippen MR) is 61.7 cm³/mol. The number of hydrogen-bond acceptors (Lipinski definition) is 3. The number of esters is 1. The van der Waals surface area contributed by atoms with E-state index in [9.17, 15) is 9.59 Å². The highest BCUT2D eigenvalue weighted by Gasteiger charge is 2.52. The van der Waals surface area contributed by atoms with E-state index in [2.05, 4.69) is 0 Å². The Kier molecular flexibility index (Phi) is 2.02. The molecule has 1 atom stereocenters. The number of amides is 1. The Balaban J connectivity index is 2.23. The maximum Gasteiger partial charge on any atom is 0.317 e. The zero-order chi connectivity index (χ0) is 12.0. The van der Waals surface area contributed by atoms with E-state index in [1.54, 1.807) is 11.9 Å². The van der Waals surface area contributed by atoms with Crippen LogP contribution in [0, 0.1) is 0 Å². The number of fused-ring (bicyclic) bond motifs is 2. The Morgan fingerprint density at radius 3 is 2.76 bits per heavy atom. The van der Waals surface area contributed by atoms with Gasteiger partial charge >= 0.3 is 5.97 Å². The van der Waals surface area contributed by atoms with Crippen molar-refractivity contribution in [2.24, 2.45) is 0 Å². The van der Waals surface area contributed by atoms with Crippen LogP contribution in [-0.2, 0) is 19.7 Å². The van der Waals surface area contributed by atoms with Crippen molar-refractivity contribution >= 4 is 17.6 Å². The molecule has 3 rings (SSSR count). The number of carbonyl (C=O) groups excluding carboxylic acids is 2. The van der Waals surface area contributed by atoms with Gasteiger partial charge in [0.25, 0.3) is 0 Å². The Labute approximate surface area is 99.2 Å². The van der Waals surface area contributed by atoms with Gasteiger partial charge in [-0.25, -0.2) is 0 Å². The first kappa shape index (κ1) is 10.3. The van der Waals surface area contributed by atoms with Crippen LogP contribution in [0.15, 0.2) is 24.3 Å². The van der Waals surface area contributed by atoms with Gasteiger partial charge in [0.05, 0.1) is 6.61 Å². The van der Waals surface area contributed by atoms with E-state index in [0.29, 0.717) is 13.0 Å². The van der Waals surface area contributed by atoms with E-state index in [1.807, 2.05) is 24.3 Å².